The summed E-state index contributed by atoms with van der Waals surface area (Å²) >= 11 is 0. The first kappa shape index (κ1) is 16.9. The summed E-state index contributed by atoms with van der Waals surface area (Å²) in [5.74, 6) is -0.390. The number of hydrogen-bond donors (Lipinski definition) is 2. The number of benzene rings is 1. The smallest absolute Gasteiger partial charge is 0.193 e. The van der Waals surface area contributed by atoms with Crippen molar-refractivity contribution in [1.82, 2.24) is 15.2 Å². The molecule has 0 bridgehead atoms. The summed E-state index contributed by atoms with van der Waals surface area (Å²) in [4.78, 5) is 15.7. The van der Waals surface area contributed by atoms with Crippen molar-refractivity contribution in [3.63, 3.8) is 0 Å². The van der Waals surface area contributed by atoms with Gasteiger partial charge in [-0.3, -0.25) is 14.3 Å². The first-order valence-electron chi connectivity index (χ1n) is 8.11. The third kappa shape index (κ3) is 3.18. The number of fused-ring (bicyclic) bond motifs is 1. The number of H-pyrrole nitrogens is 2. The molecule has 3 rings (SSSR count). The molecule has 0 aliphatic carbocycles. The van der Waals surface area contributed by atoms with Gasteiger partial charge in [0.1, 0.15) is 0 Å². The Bertz CT molecular complexity index is 1000. The monoisotopic (exact) mass is 337 g/mol. The van der Waals surface area contributed by atoms with Crippen LogP contribution in [-0.2, 0) is 6.42 Å². The maximum absolute atomic E-state index is 12.9. The highest BCUT2D eigenvalue weighted by molar-refractivity contribution is 5.78. The van der Waals surface area contributed by atoms with Gasteiger partial charge >= 0.3 is 0 Å². The van der Waals surface area contributed by atoms with Crippen LogP contribution in [0.15, 0.2) is 42.2 Å². The molecule has 0 spiro atoms. The SMILES string of the molecule is C=Cc1ccc(Cc2cc(=O)c3c(C(C)CF)[nH]nc3[nH]2)cc1C=C. The lowest BCUT2D eigenvalue weighted by molar-refractivity contribution is 0.443. The molecule has 0 radical (unpaired) electrons. The van der Waals surface area contributed by atoms with Crippen LogP contribution in [0.4, 0.5) is 4.39 Å². The zero-order chi connectivity index (χ0) is 18.0. The molecule has 0 amide bonds. The topological polar surface area (TPSA) is 61.5 Å². The van der Waals surface area contributed by atoms with Crippen LogP contribution in [0.3, 0.4) is 0 Å². The molecule has 0 fully saturated rings. The van der Waals surface area contributed by atoms with E-state index in [0.29, 0.717) is 23.1 Å². The van der Waals surface area contributed by atoms with Gasteiger partial charge in [-0.1, -0.05) is 50.4 Å². The van der Waals surface area contributed by atoms with E-state index in [1.165, 1.54) is 0 Å². The molecule has 0 aliphatic heterocycles. The predicted molar refractivity (Wildman–Crippen MR) is 101 cm³/mol. The molecule has 1 unspecified atom stereocenters. The Hall–Kier alpha value is -2.95. The van der Waals surface area contributed by atoms with Crippen molar-refractivity contribution >= 4 is 23.2 Å². The molecule has 0 saturated heterocycles. The van der Waals surface area contributed by atoms with Crippen molar-refractivity contribution in [1.29, 1.82) is 0 Å². The third-order valence-electron chi connectivity index (χ3n) is 4.33. The molecule has 4 nitrogen and oxygen atoms in total. The van der Waals surface area contributed by atoms with Gasteiger partial charge in [0.05, 0.1) is 17.8 Å². The zero-order valence-electron chi connectivity index (χ0n) is 14.1. The van der Waals surface area contributed by atoms with E-state index in [4.69, 9.17) is 0 Å². The number of rotatable bonds is 6. The van der Waals surface area contributed by atoms with E-state index in [-0.39, 0.29) is 5.43 Å². The summed E-state index contributed by atoms with van der Waals surface area (Å²) in [5.41, 5.74) is 4.65. The summed E-state index contributed by atoms with van der Waals surface area (Å²) in [6.45, 7) is 8.79. The summed E-state index contributed by atoms with van der Waals surface area (Å²) in [6.07, 6.45) is 4.13. The standard InChI is InChI=1S/C20H20FN3O/c1-4-14-7-6-13(8-15(14)5-2)9-16-10-17(25)18-19(12(3)11-21)23-24-20(18)22-16/h4-8,10,12H,1-2,9,11H2,3H3,(H2,22,23,24,25). The van der Waals surface area contributed by atoms with Crippen LogP contribution in [0.25, 0.3) is 23.2 Å². The Balaban J connectivity index is 1.99. The second-order valence-corrected chi connectivity index (χ2v) is 6.12. The highest BCUT2D eigenvalue weighted by atomic mass is 19.1. The first-order valence-corrected chi connectivity index (χ1v) is 8.11. The Kier molecular flexibility index (Phi) is 4.65. The summed E-state index contributed by atoms with van der Waals surface area (Å²) in [6, 6.07) is 7.55. The molecule has 2 heterocycles. The number of pyridine rings is 1. The summed E-state index contributed by atoms with van der Waals surface area (Å²) in [5, 5.41) is 7.35. The normalized spacial score (nSPS) is 12.2. The Morgan fingerprint density at radius 2 is 2.00 bits per heavy atom. The fraction of sp³-hybridized carbons (Fsp3) is 0.200. The predicted octanol–water partition coefficient (Wildman–Crippen LogP) is 4.20. The van der Waals surface area contributed by atoms with Crippen molar-refractivity contribution in [3.8, 4) is 0 Å². The van der Waals surface area contributed by atoms with E-state index in [9.17, 15) is 9.18 Å². The molecular weight excluding hydrogens is 317 g/mol. The van der Waals surface area contributed by atoms with Crippen LogP contribution in [0.5, 0.6) is 0 Å². The molecule has 0 saturated carbocycles. The summed E-state index contributed by atoms with van der Waals surface area (Å²) in [7, 11) is 0. The second kappa shape index (κ2) is 6.89. The minimum Gasteiger partial charge on any atom is -0.341 e. The highest BCUT2D eigenvalue weighted by Gasteiger charge is 2.16. The Labute approximate surface area is 145 Å². The van der Waals surface area contributed by atoms with Crippen molar-refractivity contribution < 1.29 is 4.39 Å². The van der Waals surface area contributed by atoms with Crippen molar-refractivity contribution in [2.45, 2.75) is 19.3 Å². The molecule has 2 N–H and O–H groups in total. The van der Waals surface area contributed by atoms with E-state index in [1.54, 1.807) is 25.1 Å². The first-order chi connectivity index (χ1) is 12.1. The molecule has 128 valence electrons. The van der Waals surface area contributed by atoms with Crippen LogP contribution in [-0.4, -0.2) is 21.9 Å². The van der Waals surface area contributed by atoms with E-state index in [2.05, 4.69) is 28.3 Å². The molecule has 0 aliphatic rings. The lowest BCUT2D eigenvalue weighted by Gasteiger charge is -2.07. The average molecular weight is 337 g/mol. The molecule has 1 aromatic carbocycles. The van der Waals surface area contributed by atoms with Gasteiger partial charge in [0.15, 0.2) is 11.1 Å². The summed E-state index contributed by atoms with van der Waals surface area (Å²) < 4.78 is 12.9. The third-order valence-corrected chi connectivity index (χ3v) is 4.33. The lowest BCUT2D eigenvalue weighted by atomic mass is 10.0. The van der Waals surface area contributed by atoms with E-state index < -0.39 is 12.6 Å². The quantitative estimate of drug-likeness (QED) is 0.708. The van der Waals surface area contributed by atoms with Gasteiger partial charge in [-0.15, -0.1) is 0 Å². The van der Waals surface area contributed by atoms with Crippen LogP contribution in [0, 0.1) is 0 Å². The molecule has 5 heteroatoms. The second-order valence-electron chi connectivity index (χ2n) is 6.12. The van der Waals surface area contributed by atoms with Gasteiger partial charge in [-0.25, -0.2) is 0 Å². The molecular formula is C20H20FN3O. The fourth-order valence-corrected chi connectivity index (χ4v) is 2.96. The minimum absolute atomic E-state index is 0.153. The van der Waals surface area contributed by atoms with Gasteiger partial charge in [0.2, 0.25) is 0 Å². The number of nitrogens with one attached hydrogen (secondary N) is 2. The number of aromatic nitrogens is 3. The minimum atomic E-state index is -0.543. The average Bonchev–Trinajstić information content (AvgIpc) is 3.05. The molecule has 3 aromatic rings. The van der Waals surface area contributed by atoms with E-state index in [0.717, 1.165) is 22.4 Å². The largest absolute Gasteiger partial charge is 0.341 e. The van der Waals surface area contributed by atoms with Crippen molar-refractivity contribution in [2.24, 2.45) is 0 Å². The van der Waals surface area contributed by atoms with Crippen molar-refractivity contribution in [3.05, 3.63) is 75.7 Å². The van der Waals surface area contributed by atoms with Gasteiger partial charge in [0.25, 0.3) is 0 Å². The van der Waals surface area contributed by atoms with Crippen LogP contribution < -0.4 is 5.43 Å². The van der Waals surface area contributed by atoms with Gasteiger partial charge < -0.3 is 4.98 Å². The van der Waals surface area contributed by atoms with Crippen LogP contribution >= 0.6 is 0 Å². The fourth-order valence-electron chi connectivity index (χ4n) is 2.96. The maximum Gasteiger partial charge on any atom is 0.193 e. The van der Waals surface area contributed by atoms with Gasteiger partial charge in [-0.05, 0) is 16.7 Å². The maximum atomic E-state index is 12.9. The number of hydrogen-bond acceptors (Lipinski definition) is 2. The van der Waals surface area contributed by atoms with E-state index >= 15 is 0 Å². The molecule has 1 atom stereocenters. The number of aromatic amines is 2. The van der Waals surface area contributed by atoms with E-state index in [1.807, 2.05) is 18.2 Å². The molecule has 25 heavy (non-hydrogen) atoms. The highest BCUT2D eigenvalue weighted by Crippen LogP contribution is 2.21. The Morgan fingerprint density at radius 1 is 1.24 bits per heavy atom. The number of halogens is 1. The van der Waals surface area contributed by atoms with Crippen LogP contribution in [0.2, 0.25) is 0 Å². The van der Waals surface area contributed by atoms with Crippen LogP contribution in [0.1, 0.15) is 40.9 Å². The van der Waals surface area contributed by atoms with Gasteiger partial charge in [0, 0.05) is 24.1 Å². The zero-order valence-corrected chi connectivity index (χ0v) is 14.1. The lowest BCUT2D eigenvalue weighted by Crippen LogP contribution is -2.08. The Morgan fingerprint density at radius 3 is 2.68 bits per heavy atom. The van der Waals surface area contributed by atoms with Gasteiger partial charge in [-0.2, -0.15) is 5.10 Å². The van der Waals surface area contributed by atoms with Crippen molar-refractivity contribution in [2.75, 3.05) is 6.67 Å². The number of nitrogens with zero attached hydrogens (tertiary/aromatic N) is 1. The number of alkyl halides is 1. The molecule has 2 aromatic heterocycles.